The maximum Gasteiger partial charge on any atom is 0.295 e. The van der Waals surface area contributed by atoms with Gasteiger partial charge in [-0.25, -0.2) is 4.39 Å². The summed E-state index contributed by atoms with van der Waals surface area (Å²) in [5.41, 5.74) is 0.396. The van der Waals surface area contributed by atoms with Crippen molar-refractivity contribution in [3.8, 4) is 0 Å². The second-order valence-electron chi connectivity index (χ2n) is 6.25. The number of halogens is 1. The fourth-order valence-electron chi connectivity index (χ4n) is 3.61. The molecule has 2 fully saturated rings. The van der Waals surface area contributed by atoms with Gasteiger partial charge in [-0.1, -0.05) is 6.92 Å². The summed E-state index contributed by atoms with van der Waals surface area (Å²) in [6.07, 6.45) is 1.00. The highest BCUT2D eigenvalue weighted by atomic mass is 19.1. The van der Waals surface area contributed by atoms with Crippen molar-refractivity contribution >= 4 is 11.4 Å². The molecule has 0 radical (unpaired) electrons. The van der Waals surface area contributed by atoms with E-state index in [0.29, 0.717) is 11.7 Å². The summed E-state index contributed by atoms with van der Waals surface area (Å²) in [5, 5.41) is 11.2. The van der Waals surface area contributed by atoms with E-state index in [1.165, 1.54) is 12.1 Å². The summed E-state index contributed by atoms with van der Waals surface area (Å²) in [4.78, 5) is 17.6. The molecule has 0 aromatic heterocycles. The lowest BCUT2D eigenvalue weighted by molar-refractivity contribution is -0.384. The zero-order chi connectivity index (χ0) is 16.4. The van der Waals surface area contributed by atoms with Crippen LogP contribution >= 0.6 is 0 Å². The molecule has 0 spiro atoms. The predicted molar refractivity (Wildman–Crippen MR) is 87.4 cm³/mol. The lowest BCUT2D eigenvalue weighted by Gasteiger charge is -2.37. The van der Waals surface area contributed by atoms with Crippen LogP contribution in [0.1, 0.15) is 13.3 Å². The Hall–Kier alpha value is -1.73. The molecule has 2 aliphatic rings. The molecule has 2 saturated heterocycles. The molecule has 2 aliphatic heterocycles. The van der Waals surface area contributed by atoms with Crippen molar-refractivity contribution < 1.29 is 9.31 Å². The highest BCUT2D eigenvalue weighted by Gasteiger charge is 2.32. The average Bonchev–Trinajstić information content (AvgIpc) is 3.04. The van der Waals surface area contributed by atoms with Crippen molar-refractivity contribution in [2.75, 3.05) is 50.7 Å². The first-order valence-electron chi connectivity index (χ1n) is 8.23. The topological polar surface area (TPSA) is 52.9 Å². The normalized spacial score (nSPS) is 23.4. The molecule has 1 aromatic rings. The van der Waals surface area contributed by atoms with Crippen LogP contribution in [0.25, 0.3) is 0 Å². The Morgan fingerprint density at radius 2 is 2.00 bits per heavy atom. The smallest absolute Gasteiger partial charge is 0.295 e. The molecule has 0 aliphatic carbocycles. The fourth-order valence-corrected chi connectivity index (χ4v) is 3.61. The Kier molecular flexibility index (Phi) is 4.77. The second-order valence-corrected chi connectivity index (χ2v) is 6.25. The zero-order valence-electron chi connectivity index (χ0n) is 13.4. The van der Waals surface area contributed by atoms with Crippen molar-refractivity contribution in [3.05, 3.63) is 34.1 Å². The van der Waals surface area contributed by atoms with Crippen LogP contribution in [0.15, 0.2) is 18.2 Å². The summed E-state index contributed by atoms with van der Waals surface area (Å²) in [6, 6.07) is 4.28. The Balaban J connectivity index is 1.67. The van der Waals surface area contributed by atoms with Crippen molar-refractivity contribution in [3.63, 3.8) is 0 Å². The van der Waals surface area contributed by atoms with Crippen LogP contribution in [0, 0.1) is 15.9 Å². The van der Waals surface area contributed by atoms with Gasteiger partial charge in [0.2, 0.25) is 0 Å². The SMILES string of the molecule is CCN1CCN(C2CCN(c3ccc(F)cc3[N+](=O)[O-])C2)CC1. The van der Waals surface area contributed by atoms with E-state index >= 15 is 0 Å². The molecular weight excluding hydrogens is 299 g/mol. The van der Waals surface area contributed by atoms with Gasteiger partial charge in [-0.15, -0.1) is 0 Å². The minimum atomic E-state index is -0.563. The third kappa shape index (κ3) is 3.45. The van der Waals surface area contributed by atoms with Gasteiger partial charge in [-0.05, 0) is 25.1 Å². The summed E-state index contributed by atoms with van der Waals surface area (Å²) in [5.74, 6) is -0.563. The lowest BCUT2D eigenvalue weighted by Crippen LogP contribution is -2.50. The van der Waals surface area contributed by atoms with Gasteiger partial charge < -0.3 is 9.80 Å². The number of hydrogen-bond donors (Lipinski definition) is 0. The third-order valence-corrected chi connectivity index (χ3v) is 5.01. The number of piperazine rings is 1. The number of anilines is 1. The molecule has 3 rings (SSSR count). The van der Waals surface area contributed by atoms with E-state index in [0.717, 1.165) is 58.3 Å². The van der Waals surface area contributed by atoms with Crippen LogP contribution in [0.4, 0.5) is 15.8 Å². The first kappa shape index (κ1) is 16.1. The van der Waals surface area contributed by atoms with Gasteiger partial charge in [0, 0.05) is 45.3 Å². The monoisotopic (exact) mass is 322 g/mol. The van der Waals surface area contributed by atoms with Gasteiger partial charge >= 0.3 is 0 Å². The molecule has 1 aromatic carbocycles. The van der Waals surface area contributed by atoms with E-state index in [1.807, 2.05) is 4.90 Å². The standard InChI is InChI=1S/C16H23FN4O2/c1-2-18-7-9-19(10-8-18)14-5-6-20(12-14)15-4-3-13(17)11-16(15)21(22)23/h3-4,11,14H,2,5-10,12H2,1H3. The van der Waals surface area contributed by atoms with Crippen molar-refractivity contribution in [2.24, 2.45) is 0 Å². The Bertz CT molecular complexity index is 575. The van der Waals surface area contributed by atoms with Crippen LogP contribution in [0.3, 0.4) is 0 Å². The van der Waals surface area contributed by atoms with Crippen LogP contribution in [0.5, 0.6) is 0 Å². The summed E-state index contributed by atoms with van der Waals surface area (Å²) in [6.45, 7) is 9.11. The minimum absolute atomic E-state index is 0.138. The number of benzene rings is 1. The number of nitrogens with zero attached hydrogens (tertiary/aromatic N) is 4. The van der Waals surface area contributed by atoms with Gasteiger partial charge in [0.15, 0.2) is 0 Å². The van der Waals surface area contributed by atoms with Gasteiger partial charge in [-0.2, -0.15) is 0 Å². The Labute approximate surface area is 135 Å². The molecule has 7 heteroatoms. The summed E-state index contributed by atoms with van der Waals surface area (Å²) < 4.78 is 13.3. The molecule has 2 heterocycles. The molecule has 126 valence electrons. The molecule has 0 saturated carbocycles. The van der Waals surface area contributed by atoms with Crippen molar-refractivity contribution in [1.29, 1.82) is 0 Å². The maximum absolute atomic E-state index is 13.3. The second kappa shape index (κ2) is 6.80. The minimum Gasteiger partial charge on any atom is -0.364 e. The fraction of sp³-hybridized carbons (Fsp3) is 0.625. The van der Waals surface area contributed by atoms with Crippen LogP contribution in [-0.4, -0.2) is 66.6 Å². The number of nitro groups is 1. The van der Waals surface area contributed by atoms with Crippen LogP contribution in [-0.2, 0) is 0 Å². The van der Waals surface area contributed by atoms with Crippen LogP contribution in [0.2, 0.25) is 0 Å². The lowest BCUT2D eigenvalue weighted by atomic mass is 10.2. The zero-order valence-corrected chi connectivity index (χ0v) is 13.4. The highest BCUT2D eigenvalue weighted by Crippen LogP contribution is 2.32. The number of likely N-dealkylation sites (N-methyl/N-ethyl adjacent to an activating group) is 1. The molecular formula is C16H23FN4O2. The van der Waals surface area contributed by atoms with Crippen molar-refractivity contribution in [1.82, 2.24) is 9.80 Å². The molecule has 0 N–H and O–H groups in total. The number of hydrogen-bond acceptors (Lipinski definition) is 5. The first-order valence-corrected chi connectivity index (χ1v) is 8.23. The van der Waals surface area contributed by atoms with Gasteiger partial charge in [0.05, 0.1) is 11.0 Å². The molecule has 23 heavy (non-hydrogen) atoms. The third-order valence-electron chi connectivity index (χ3n) is 5.01. The molecule has 1 unspecified atom stereocenters. The van der Waals surface area contributed by atoms with Crippen LogP contribution < -0.4 is 4.90 Å². The summed E-state index contributed by atoms with van der Waals surface area (Å²) in [7, 11) is 0. The first-order chi connectivity index (χ1) is 11.1. The Morgan fingerprint density at radius 1 is 1.26 bits per heavy atom. The molecule has 1 atom stereocenters. The van der Waals surface area contributed by atoms with E-state index in [4.69, 9.17) is 0 Å². The average molecular weight is 322 g/mol. The molecule has 0 bridgehead atoms. The van der Waals surface area contributed by atoms with E-state index in [1.54, 1.807) is 0 Å². The van der Waals surface area contributed by atoms with Crippen molar-refractivity contribution in [2.45, 2.75) is 19.4 Å². The number of nitro benzene ring substituents is 1. The highest BCUT2D eigenvalue weighted by molar-refractivity contribution is 5.63. The van der Waals surface area contributed by atoms with E-state index in [9.17, 15) is 14.5 Å². The van der Waals surface area contributed by atoms with E-state index in [-0.39, 0.29) is 5.69 Å². The number of rotatable bonds is 4. The van der Waals surface area contributed by atoms with Gasteiger partial charge in [-0.3, -0.25) is 15.0 Å². The van der Waals surface area contributed by atoms with E-state index < -0.39 is 10.7 Å². The molecule has 0 amide bonds. The quantitative estimate of drug-likeness (QED) is 0.626. The Morgan fingerprint density at radius 3 is 2.65 bits per heavy atom. The van der Waals surface area contributed by atoms with Gasteiger partial charge in [0.1, 0.15) is 11.5 Å². The summed E-state index contributed by atoms with van der Waals surface area (Å²) >= 11 is 0. The van der Waals surface area contributed by atoms with E-state index in [2.05, 4.69) is 16.7 Å². The predicted octanol–water partition coefficient (Wildman–Crippen LogP) is 1.95. The van der Waals surface area contributed by atoms with Gasteiger partial charge in [0.25, 0.3) is 5.69 Å². The molecule has 6 nitrogen and oxygen atoms in total. The maximum atomic E-state index is 13.3. The largest absolute Gasteiger partial charge is 0.364 e.